The van der Waals surface area contributed by atoms with Gasteiger partial charge in [-0.3, -0.25) is 9.59 Å². The molecule has 1 heterocycles. The van der Waals surface area contributed by atoms with E-state index in [1.54, 1.807) is 19.1 Å². The molecule has 1 aromatic carbocycles. The summed E-state index contributed by atoms with van der Waals surface area (Å²) in [6, 6.07) is 6.94. The molecule has 2 rings (SSSR count). The highest BCUT2D eigenvalue weighted by atomic mass is 79.9. The van der Waals surface area contributed by atoms with Crippen molar-refractivity contribution < 1.29 is 9.59 Å². The number of primary amides is 1. The van der Waals surface area contributed by atoms with E-state index < -0.39 is 11.4 Å². The third-order valence-electron chi connectivity index (χ3n) is 3.66. The van der Waals surface area contributed by atoms with E-state index in [1.165, 1.54) is 0 Å². The highest BCUT2D eigenvalue weighted by Gasteiger charge is 2.37. The van der Waals surface area contributed by atoms with Crippen LogP contribution >= 0.6 is 15.9 Å². The summed E-state index contributed by atoms with van der Waals surface area (Å²) >= 11 is 3.34. The van der Waals surface area contributed by atoms with Gasteiger partial charge in [-0.25, -0.2) is 0 Å². The molecule has 5 nitrogen and oxygen atoms in total. The Hall–Kier alpha value is -1.40. The van der Waals surface area contributed by atoms with Crippen molar-refractivity contribution in [3.8, 4) is 0 Å². The number of hydrogen-bond acceptors (Lipinski definition) is 3. The molecule has 1 saturated heterocycles. The first kappa shape index (κ1) is 15.0. The second-order valence-corrected chi connectivity index (χ2v) is 6.05. The number of halogens is 1. The van der Waals surface area contributed by atoms with Gasteiger partial charge in [-0.05, 0) is 44.0 Å². The maximum Gasteiger partial charge on any atom is 0.247 e. The van der Waals surface area contributed by atoms with Gasteiger partial charge < -0.3 is 16.4 Å². The maximum absolute atomic E-state index is 12.2. The topological polar surface area (TPSA) is 84.2 Å². The molecule has 4 N–H and O–H groups in total. The molecule has 1 aliphatic heterocycles. The second-order valence-electron chi connectivity index (χ2n) is 5.13. The molecule has 20 heavy (non-hydrogen) atoms. The Bertz CT molecular complexity index is 512. The van der Waals surface area contributed by atoms with Crippen molar-refractivity contribution in [2.75, 3.05) is 6.54 Å². The summed E-state index contributed by atoms with van der Waals surface area (Å²) in [6.07, 6.45) is 1.74. The Kier molecular flexibility index (Phi) is 4.45. The fourth-order valence-corrected chi connectivity index (χ4v) is 2.57. The van der Waals surface area contributed by atoms with E-state index in [9.17, 15) is 9.59 Å². The van der Waals surface area contributed by atoms with Crippen molar-refractivity contribution >= 4 is 27.7 Å². The van der Waals surface area contributed by atoms with Gasteiger partial charge in [-0.1, -0.05) is 28.1 Å². The smallest absolute Gasteiger partial charge is 0.247 e. The predicted octanol–water partition coefficient (Wildman–Crippen LogP) is 1.02. The van der Waals surface area contributed by atoms with E-state index in [2.05, 4.69) is 26.6 Å². The molecular formula is C14H18BrN3O2. The average molecular weight is 340 g/mol. The standard InChI is InChI=1S/C14H18BrN3O2/c1-14(13(16)20,9-4-6-10(15)7-5-9)18-12(19)11-3-2-8-17-11/h4-7,11,17H,2-3,8H2,1H3,(H2,16,20)(H,18,19)/t11-,14?/m0/s1. The van der Waals surface area contributed by atoms with Crippen LogP contribution in [-0.2, 0) is 15.1 Å². The maximum atomic E-state index is 12.2. The van der Waals surface area contributed by atoms with Gasteiger partial charge in [0.25, 0.3) is 0 Å². The van der Waals surface area contributed by atoms with Crippen molar-refractivity contribution in [1.82, 2.24) is 10.6 Å². The zero-order chi connectivity index (χ0) is 14.8. The Morgan fingerprint density at radius 1 is 1.40 bits per heavy atom. The second kappa shape index (κ2) is 5.93. The molecule has 1 fully saturated rings. The van der Waals surface area contributed by atoms with Gasteiger partial charge in [0.15, 0.2) is 0 Å². The fourth-order valence-electron chi connectivity index (χ4n) is 2.30. The summed E-state index contributed by atoms with van der Waals surface area (Å²) in [7, 11) is 0. The molecule has 2 atom stereocenters. The van der Waals surface area contributed by atoms with Crippen LogP contribution < -0.4 is 16.4 Å². The van der Waals surface area contributed by atoms with Crippen LogP contribution in [0.3, 0.4) is 0 Å². The molecule has 6 heteroatoms. The zero-order valence-electron chi connectivity index (χ0n) is 11.3. The number of amides is 2. The van der Waals surface area contributed by atoms with Crippen molar-refractivity contribution in [3.05, 3.63) is 34.3 Å². The molecular weight excluding hydrogens is 322 g/mol. The normalized spacial score (nSPS) is 21.2. The molecule has 1 unspecified atom stereocenters. The summed E-state index contributed by atoms with van der Waals surface area (Å²) in [5.41, 5.74) is 4.96. The van der Waals surface area contributed by atoms with E-state index >= 15 is 0 Å². The predicted molar refractivity (Wildman–Crippen MR) is 79.9 cm³/mol. The summed E-state index contributed by atoms with van der Waals surface area (Å²) in [5.74, 6) is -0.766. The Labute approximate surface area is 126 Å². The first-order valence-corrected chi connectivity index (χ1v) is 7.34. The van der Waals surface area contributed by atoms with Gasteiger partial charge in [0.1, 0.15) is 5.54 Å². The van der Waals surface area contributed by atoms with E-state index in [-0.39, 0.29) is 11.9 Å². The van der Waals surface area contributed by atoms with Crippen LogP contribution in [-0.4, -0.2) is 24.4 Å². The van der Waals surface area contributed by atoms with Crippen molar-refractivity contribution in [2.24, 2.45) is 5.73 Å². The minimum Gasteiger partial charge on any atom is -0.367 e. The van der Waals surface area contributed by atoms with E-state index in [0.29, 0.717) is 5.56 Å². The van der Waals surface area contributed by atoms with E-state index in [4.69, 9.17) is 5.73 Å². The molecule has 0 saturated carbocycles. The van der Waals surface area contributed by atoms with Gasteiger partial charge in [-0.15, -0.1) is 0 Å². The number of nitrogens with one attached hydrogen (secondary N) is 2. The highest BCUT2D eigenvalue weighted by Crippen LogP contribution is 2.23. The Morgan fingerprint density at radius 2 is 2.05 bits per heavy atom. The molecule has 2 amide bonds. The first-order chi connectivity index (χ1) is 9.43. The minimum absolute atomic E-state index is 0.188. The highest BCUT2D eigenvalue weighted by molar-refractivity contribution is 9.10. The summed E-state index contributed by atoms with van der Waals surface area (Å²) < 4.78 is 0.900. The molecule has 1 aliphatic rings. The lowest BCUT2D eigenvalue weighted by molar-refractivity contribution is -0.132. The monoisotopic (exact) mass is 339 g/mol. The van der Waals surface area contributed by atoms with Crippen LogP contribution in [0.5, 0.6) is 0 Å². The lowest BCUT2D eigenvalue weighted by Gasteiger charge is -2.29. The quantitative estimate of drug-likeness (QED) is 0.765. The first-order valence-electron chi connectivity index (χ1n) is 6.55. The third kappa shape index (κ3) is 3.02. The van der Waals surface area contributed by atoms with Crippen LogP contribution in [0.1, 0.15) is 25.3 Å². The number of carbonyl (C=O) groups excluding carboxylic acids is 2. The van der Waals surface area contributed by atoms with Crippen LogP contribution in [0.4, 0.5) is 0 Å². The molecule has 0 aliphatic carbocycles. The fraction of sp³-hybridized carbons (Fsp3) is 0.429. The van der Waals surface area contributed by atoms with Crippen molar-refractivity contribution in [3.63, 3.8) is 0 Å². The summed E-state index contributed by atoms with van der Waals surface area (Å²) in [4.78, 5) is 24.0. The number of benzene rings is 1. The van der Waals surface area contributed by atoms with E-state index in [1.807, 2.05) is 12.1 Å². The van der Waals surface area contributed by atoms with Crippen molar-refractivity contribution in [2.45, 2.75) is 31.3 Å². The lowest BCUT2D eigenvalue weighted by atomic mass is 9.90. The van der Waals surface area contributed by atoms with Gasteiger partial charge in [0, 0.05) is 4.47 Å². The zero-order valence-corrected chi connectivity index (χ0v) is 12.9. The van der Waals surface area contributed by atoms with Gasteiger partial charge in [0.2, 0.25) is 11.8 Å². The average Bonchev–Trinajstić information content (AvgIpc) is 2.93. The van der Waals surface area contributed by atoms with E-state index in [0.717, 1.165) is 23.9 Å². The van der Waals surface area contributed by atoms with Crippen LogP contribution in [0.2, 0.25) is 0 Å². The molecule has 0 radical (unpaired) electrons. The van der Waals surface area contributed by atoms with Crippen LogP contribution in [0.25, 0.3) is 0 Å². The van der Waals surface area contributed by atoms with Gasteiger partial charge >= 0.3 is 0 Å². The minimum atomic E-state index is -1.21. The van der Waals surface area contributed by atoms with Crippen LogP contribution in [0, 0.1) is 0 Å². The van der Waals surface area contributed by atoms with Gasteiger partial charge in [-0.2, -0.15) is 0 Å². The summed E-state index contributed by atoms with van der Waals surface area (Å²) in [5, 5.41) is 5.89. The van der Waals surface area contributed by atoms with Crippen LogP contribution in [0.15, 0.2) is 28.7 Å². The summed E-state index contributed by atoms with van der Waals surface area (Å²) in [6.45, 7) is 2.45. The van der Waals surface area contributed by atoms with Crippen molar-refractivity contribution in [1.29, 1.82) is 0 Å². The largest absolute Gasteiger partial charge is 0.367 e. The SMILES string of the molecule is CC(NC(=O)[C@@H]1CCCN1)(C(N)=O)c1ccc(Br)cc1. The van der Waals surface area contributed by atoms with Gasteiger partial charge in [0.05, 0.1) is 6.04 Å². The molecule has 0 spiro atoms. The number of rotatable bonds is 4. The molecule has 108 valence electrons. The number of nitrogens with two attached hydrogens (primary N) is 1. The number of carbonyl (C=O) groups is 2. The Balaban J connectivity index is 2.22. The Morgan fingerprint density at radius 3 is 2.55 bits per heavy atom. The molecule has 0 aromatic heterocycles. The molecule has 1 aromatic rings. The molecule has 0 bridgehead atoms. The number of hydrogen-bond donors (Lipinski definition) is 3. The third-order valence-corrected chi connectivity index (χ3v) is 4.19. The lowest BCUT2D eigenvalue weighted by Crippen LogP contribution is -2.56.